The minimum atomic E-state index is -0.406. The van der Waals surface area contributed by atoms with Gasteiger partial charge in [0.25, 0.3) is 5.91 Å². The summed E-state index contributed by atoms with van der Waals surface area (Å²) in [5.41, 5.74) is 1.11. The summed E-state index contributed by atoms with van der Waals surface area (Å²) in [4.78, 5) is 12.4. The molecule has 0 saturated heterocycles. The van der Waals surface area contributed by atoms with Crippen LogP contribution in [0.3, 0.4) is 0 Å². The van der Waals surface area contributed by atoms with Gasteiger partial charge in [0.1, 0.15) is 11.6 Å². The first-order valence-electron chi connectivity index (χ1n) is 7.76. The molecule has 1 fully saturated rings. The van der Waals surface area contributed by atoms with Crippen LogP contribution in [0.4, 0.5) is 10.2 Å². The average Bonchev–Trinajstić information content (AvgIpc) is 2.98. The molecule has 1 amide bonds. The third-order valence-corrected chi connectivity index (χ3v) is 4.28. The van der Waals surface area contributed by atoms with Gasteiger partial charge >= 0.3 is 0 Å². The van der Waals surface area contributed by atoms with Crippen LogP contribution in [-0.2, 0) is 0 Å². The Kier molecular flexibility index (Phi) is 4.22. The molecule has 0 aliphatic heterocycles. The third kappa shape index (κ3) is 3.03. The van der Waals surface area contributed by atoms with Gasteiger partial charge in [0, 0.05) is 11.6 Å². The highest BCUT2D eigenvalue weighted by Crippen LogP contribution is 2.30. The number of nitrogens with one attached hydrogen (secondary N) is 1. The molecule has 5 heteroatoms. The number of halogens is 1. The molecule has 4 nitrogen and oxygen atoms in total. The van der Waals surface area contributed by atoms with Gasteiger partial charge < -0.3 is 5.32 Å². The zero-order valence-corrected chi connectivity index (χ0v) is 12.7. The standard InChI is InChI=1S/C17H20FN3O/c1-12-7-8-13(18)11-15(12)17(22)20-16-9-10-19-21(16)14-5-3-2-4-6-14/h7-11,14H,2-6H2,1H3,(H,20,22). The summed E-state index contributed by atoms with van der Waals surface area (Å²) in [6.45, 7) is 1.80. The normalized spacial score (nSPS) is 15.7. The van der Waals surface area contributed by atoms with Gasteiger partial charge in [0.05, 0.1) is 12.2 Å². The van der Waals surface area contributed by atoms with Crippen LogP contribution >= 0.6 is 0 Å². The van der Waals surface area contributed by atoms with Crippen LogP contribution in [-0.4, -0.2) is 15.7 Å². The summed E-state index contributed by atoms with van der Waals surface area (Å²) >= 11 is 0. The van der Waals surface area contributed by atoms with E-state index in [4.69, 9.17) is 0 Å². The van der Waals surface area contributed by atoms with Crippen molar-refractivity contribution in [1.29, 1.82) is 0 Å². The predicted octanol–water partition coefficient (Wildman–Crippen LogP) is 4.09. The van der Waals surface area contributed by atoms with E-state index < -0.39 is 5.82 Å². The minimum Gasteiger partial charge on any atom is -0.307 e. The monoisotopic (exact) mass is 301 g/mol. The second-order valence-electron chi connectivity index (χ2n) is 5.87. The number of hydrogen-bond acceptors (Lipinski definition) is 2. The number of aromatic nitrogens is 2. The molecule has 0 unspecified atom stereocenters. The second kappa shape index (κ2) is 6.30. The highest BCUT2D eigenvalue weighted by Gasteiger charge is 2.20. The van der Waals surface area contributed by atoms with Crippen molar-refractivity contribution < 1.29 is 9.18 Å². The molecule has 0 atom stereocenters. The molecule has 1 aliphatic rings. The number of carbonyl (C=O) groups is 1. The van der Waals surface area contributed by atoms with Crippen molar-refractivity contribution in [2.75, 3.05) is 5.32 Å². The van der Waals surface area contributed by atoms with Crippen molar-refractivity contribution in [1.82, 2.24) is 9.78 Å². The van der Waals surface area contributed by atoms with Gasteiger partial charge in [-0.2, -0.15) is 5.10 Å². The van der Waals surface area contributed by atoms with Gasteiger partial charge in [-0.05, 0) is 37.5 Å². The Balaban J connectivity index is 1.80. The van der Waals surface area contributed by atoms with Crippen molar-refractivity contribution in [3.63, 3.8) is 0 Å². The summed E-state index contributed by atoms with van der Waals surface area (Å²) in [7, 11) is 0. The van der Waals surface area contributed by atoms with Gasteiger partial charge in [0.2, 0.25) is 0 Å². The molecule has 0 bridgehead atoms. The van der Waals surface area contributed by atoms with Gasteiger partial charge in [-0.15, -0.1) is 0 Å². The maximum absolute atomic E-state index is 13.4. The number of hydrogen-bond donors (Lipinski definition) is 1. The molecular weight excluding hydrogens is 281 g/mol. The zero-order chi connectivity index (χ0) is 15.5. The fourth-order valence-corrected chi connectivity index (χ4v) is 3.05. The maximum Gasteiger partial charge on any atom is 0.257 e. The van der Waals surface area contributed by atoms with Gasteiger partial charge in [-0.3, -0.25) is 4.79 Å². The lowest BCUT2D eigenvalue weighted by molar-refractivity contribution is 0.102. The molecule has 1 aromatic carbocycles. The van der Waals surface area contributed by atoms with Crippen LogP contribution in [0.5, 0.6) is 0 Å². The first-order chi connectivity index (χ1) is 10.6. The van der Waals surface area contributed by atoms with E-state index in [1.54, 1.807) is 25.3 Å². The summed E-state index contributed by atoms with van der Waals surface area (Å²) in [5, 5.41) is 7.22. The molecule has 1 aliphatic carbocycles. The summed E-state index contributed by atoms with van der Waals surface area (Å²) in [5.74, 6) is -0.0216. The molecule has 22 heavy (non-hydrogen) atoms. The SMILES string of the molecule is Cc1ccc(F)cc1C(=O)Nc1ccnn1C1CCCCC1. The average molecular weight is 301 g/mol. The van der Waals surface area contributed by atoms with Crippen LogP contribution in [0.25, 0.3) is 0 Å². The number of aryl methyl sites for hydroxylation is 1. The third-order valence-electron chi connectivity index (χ3n) is 4.28. The van der Waals surface area contributed by atoms with Crippen LogP contribution in [0.1, 0.15) is 54.1 Å². The van der Waals surface area contributed by atoms with Crippen molar-refractivity contribution in [2.24, 2.45) is 0 Å². The number of amides is 1. The van der Waals surface area contributed by atoms with Crippen molar-refractivity contribution in [3.05, 3.63) is 47.4 Å². The molecule has 3 rings (SSSR count). The Morgan fingerprint density at radius 1 is 1.27 bits per heavy atom. The number of nitrogens with zero attached hydrogens (tertiary/aromatic N) is 2. The largest absolute Gasteiger partial charge is 0.307 e. The van der Waals surface area contributed by atoms with E-state index >= 15 is 0 Å². The Morgan fingerprint density at radius 3 is 2.82 bits per heavy atom. The van der Waals surface area contributed by atoms with E-state index in [9.17, 15) is 9.18 Å². The Bertz CT molecular complexity index is 674. The lowest BCUT2D eigenvalue weighted by Gasteiger charge is -2.24. The first kappa shape index (κ1) is 14.8. The lowest BCUT2D eigenvalue weighted by atomic mass is 9.96. The Hall–Kier alpha value is -2.17. The van der Waals surface area contributed by atoms with E-state index in [1.807, 2.05) is 4.68 Å². The van der Waals surface area contributed by atoms with Crippen LogP contribution in [0, 0.1) is 12.7 Å². The van der Waals surface area contributed by atoms with Crippen LogP contribution in [0.15, 0.2) is 30.5 Å². The number of anilines is 1. The van der Waals surface area contributed by atoms with Gasteiger partial charge in [-0.1, -0.05) is 25.3 Å². The minimum absolute atomic E-state index is 0.297. The summed E-state index contributed by atoms with van der Waals surface area (Å²) in [6, 6.07) is 6.38. The number of carbonyl (C=O) groups excluding carboxylic acids is 1. The summed E-state index contributed by atoms with van der Waals surface area (Å²) in [6.07, 6.45) is 7.53. The van der Waals surface area contributed by atoms with E-state index in [0.717, 1.165) is 18.4 Å². The van der Waals surface area contributed by atoms with Crippen molar-refractivity contribution >= 4 is 11.7 Å². The molecule has 1 aromatic heterocycles. The quantitative estimate of drug-likeness (QED) is 0.928. The molecule has 0 radical (unpaired) electrons. The topological polar surface area (TPSA) is 46.9 Å². The summed E-state index contributed by atoms with van der Waals surface area (Å²) < 4.78 is 15.3. The van der Waals surface area contributed by atoms with Crippen LogP contribution < -0.4 is 5.32 Å². The Morgan fingerprint density at radius 2 is 2.05 bits per heavy atom. The molecule has 1 heterocycles. The fraction of sp³-hybridized carbons (Fsp3) is 0.412. The van der Waals surface area contributed by atoms with E-state index in [1.165, 1.54) is 31.4 Å². The van der Waals surface area contributed by atoms with E-state index in [0.29, 0.717) is 17.4 Å². The van der Waals surface area contributed by atoms with E-state index in [-0.39, 0.29) is 5.91 Å². The molecule has 1 saturated carbocycles. The molecule has 0 spiro atoms. The second-order valence-corrected chi connectivity index (χ2v) is 5.87. The van der Waals surface area contributed by atoms with Crippen molar-refractivity contribution in [2.45, 2.75) is 45.1 Å². The number of benzene rings is 1. The predicted molar refractivity (Wildman–Crippen MR) is 83.4 cm³/mol. The molecular formula is C17H20FN3O. The van der Waals surface area contributed by atoms with Crippen LogP contribution in [0.2, 0.25) is 0 Å². The lowest BCUT2D eigenvalue weighted by Crippen LogP contribution is -2.20. The smallest absolute Gasteiger partial charge is 0.257 e. The van der Waals surface area contributed by atoms with Gasteiger partial charge in [0.15, 0.2) is 0 Å². The van der Waals surface area contributed by atoms with Gasteiger partial charge in [-0.25, -0.2) is 9.07 Å². The highest BCUT2D eigenvalue weighted by molar-refractivity contribution is 6.04. The molecule has 1 N–H and O–H groups in total. The molecule has 116 valence electrons. The first-order valence-corrected chi connectivity index (χ1v) is 7.76. The zero-order valence-electron chi connectivity index (χ0n) is 12.7. The fourth-order valence-electron chi connectivity index (χ4n) is 3.05. The molecule has 2 aromatic rings. The van der Waals surface area contributed by atoms with E-state index in [2.05, 4.69) is 10.4 Å². The highest BCUT2D eigenvalue weighted by atomic mass is 19.1. The Labute approximate surface area is 129 Å². The van der Waals surface area contributed by atoms with Crippen molar-refractivity contribution in [3.8, 4) is 0 Å². The maximum atomic E-state index is 13.4. The number of rotatable bonds is 3.